The Balaban J connectivity index is 2.70. The van der Waals surface area contributed by atoms with Crippen LogP contribution in [0.1, 0.15) is 32.8 Å². The molecule has 25 heavy (non-hydrogen) atoms. The molecule has 0 aliphatic carbocycles. The number of anilines is 1. The SMILES string of the molecule is C=CCOC(=O)C(CC(C)C)NC(=O)Nc1ccc(C(C)=NO)cc1. The van der Waals surface area contributed by atoms with E-state index in [0.717, 1.165) is 5.56 Å². The molecule has 1 rings (SSSR count). The highest BCUT2D eigenvalue weighted by atomic mass is 16.5. The maximum atomic E-state index is 12.1. The third-order valence-corrected chi connectivity index (χ3v) is 3.35. The standard InChI is InChI=1S/C18H25N3O4/c1-5-10-25-17(22)16(11-12(2)3)20-18(23)19-15-8-6-14(7-9-15)13(4)21-24/h5-9,12,16,24H,1,10-11H2,2-4H3,(H2,19,20,23). The van der Waals surface area contributed by atoms with Gasteiger partial charge in [-0.15, -0.1) is 0 Å². The van der Waals surface area contributed by atoms with Crippen molar-refractivity contribution in [1.82, 2.24) is 5.32 Å². The molecule has 1 aromatic rings. The zero-order chi connectivity index (χ0) is 18.8. The number of urea groups is 1. The van der Waals surface area contributed by atoms with Crippen LogP contribution in [0.4, 0.5) is 10.5 Å². The van der Waals surface area contributed by atoms with Gasteiger partial charge in [0.1, 0.15) is 12.6 Å². The zero-order valence-electron chi connectivity index (χ0n) is 14.8. The van der Waals surface area contributed by atoms with E-state index < -0.39 is 18.0 Å². The van der Waals surface area contributed by atoms with Crippen molar-refractivity contribution in [2.24, 2.45) is 11.1 Å². The number of carbonyl (C=O) groups is 2. The van der Waals surface area contributed by atoms with Crippen LogP contribution < -0.4 is 10.6 Å². The predicted molar refractivity (Wildman–Crippen MR) is 97.0 cm³/mol. The summed E-state index contributed by atoms with van der Waals surface area (Å²) in [6.45, 7) is 9.17. The van der Waals surface area contributed by atoms with Crippen molar-refractivity contribution in [1.29, 1.82) is 0 Å². The van der Waals surface area contributed by atoms with Gasteiger partial charge in [0.2, 0.25) is 0 Å². The van der Waals surface area contributed by atoms with Gasteiger partial charge in [-0.1, -0.05) is 43.8 Å². The summed E-state index contributed by atoms with van der Waals surface area (Å²) in [7, 11) is 0. The summed E-state index contributed by atoms with van der Waals surface area (Å²) < 4.78 is 5.02. The molecule has 0 saturated carbocycles. The van der Waals surface area contributed by atoms with E-state index in [9.17, 15) is 9.59 Å². The highest BCUT2D eigenvalue weighted by Crippen LogP contribution is 2.11. The van der Waals surface area contributed by atoms with Gasteiger partial charge in [-0.25, -0.2) is 9.59 Å². The lowest BCUT2D eigenvalue weighted by atomic mass is 10.0. The number of oxime groups is 1. The molecule has 7 heteroatoms. The Kier molecular flexibility index (Phi) is 8.18. The van der Waals surface area contributed by atoms with Crippen molar-refractivity contribution in [3.8, 4) is 0 Å². The summed E-state index contributed by atoms with van der Waals surface area (Å²) in [5.41, 5.74) is 1.76. The molecule has 7 nitrogen and oxygen atoms in total. The number of nitrogens with zero attached hydrogens (tertiary/aromatic N) is 1. The van der Waals surface area contributed by atoms with Gasteiger partial charge >= 0.3 is 12.0 Å². The number of carbonyl (C=O) groups excluding carboxylic acids is 2. The quantitative estimate of drug-likeness (QED) is 0.221. The van der Waals surface area contributed by atoms with E-state index in [4.69, 9.17) is 9.94 Å². The Morgan fingerprint density at radius 3 is 2.48 bits per heavy atom. The normalized spacial score (nSPS) is 12.4. The van der Waals surface area contributed by atoms with E-state index >= 15 is 0 Å². The molecule has 0 heterocycles. The smallest absolute Gasteiger partial charge is 0.329 e. The number of benzene rings is 1. The van der Waals surface area contributed by atoms with Crippen LogP contribution >= 0.6 is 0 Å². The van der Waals surface area contributed by atoms with Crippen LogP contribution in [0.2, 0.25) is 0 Å². The molecule has 0 fully saturated rings. The van der Waals surface area contributed by atoms with Crippen molar-refractivity contribution >= 4 is 23.4 Å². The first-order valence-electron chi connectivity index (χ1n) is 8.01. The summed E-state index contributed by atoms with van der Waals surface area (Å²) in [5.74, 6) is -0.282. The zero-order valence-corrected chi connectivity index (χ0v) is 14.8. The average molecular weight is 347 g/mol. The number of nitrogens with one attached hydrogen (secondary N) is 2. The fourth-order valence-electron chi connectivity index (χ4n) is 2.11. The van der Waals surface area contributed by atoms with Crippen LogP contribution in [0.3, 0.4) is 0 Å². The summed E-state index contributed by atoms with van der Waals surface area (Å²) in [5, 5.41) is 17.2. The van der Waals surface area contributed by atoms with Crippen LogP contribution in [-0.2, 0) is 9.53 Å². The number of amides is 2. The number of hydrogen-bond donors (Lipinski definition) is 3. The summed E-state index contributed by atoms with van der Waals surface area (Å²) in [4.78, 5) is 24.2. The Bertz CT molecular complexity index is 624. The number of hydrogen-bond acceptors (Lipinski definition) is 5. The molecule has 0 aromatic heterocycles. The fourth-order valence-corrected chi connectivity index (χ4v) is 2.11. The lowest BCUT2D eigenvalue weighted by Gasteiger charge is -2.19. The molecule has 1 atom stereocenters. The highest BCUT2D eigenvalue weighted by Gasteiger charge is 2.23. The summed E-state index contributed by atoms with van der Waals surface area (Å²) in [6, 6.07) is 5.56. The Morgan fingerprint density at radius 2 is 1.96 bits per heavy atom. The van der Waals surface area contributed by atoms with E-state index in [1.807, 2.05) is 13.8 Å². The van der Waals surface area contributed by atoms with Crippen molar-refractivity contribution in [2.45, 2.75) is 33.2 Å². The molecular weight excluding hydrogens is 322 g/mol. The van der Waals surface area contributed by atoms with Crippen LogP contribution in [0.5, 0.6) is 0 Å². The predicted octanol–water partition coefficient (Wildman–Crippen LogP) is 3.15. The molecule has 3 N–H and O–H groups in total. The van der Waals surface area contributed by atoms with Crippen molar-refractivity contribution in [2.75, 3.05) is 11.9 Å². The first kappa shape index (κ1) is 20.2. The number of ether oxygens (including phenoxy) is 1. The minimum atomic E-state index is -0.733. The van der Waals surface area contributed by atoms with Crippen molar-refractivity contribution in [3.63, 3.8) is 0 Å². The maximum absolute atomic E-state index is 12.1. The van der Waals surface area contributed by atoms with Gasteiger partial charge in [-0.2, -0.15) is 0 Å². The molecule has 0 radical (unpaired) electrons. The Hall–Kier alpha value is -2.83. The van der Waals surface area contributed by atoms with E-state index in [1.54, 1.807) is 31.2 Å². The molecule has 1 unspecified atom stereocenters. The third-order valence-electron chi connectivity index (χ3n) is 3.35. The van der Waals surface area contributed by atoms with E-state index in [-0.39, 0.29) is 12.5 Å². The first-order valence-corrected chi connectivity index (χ1v) is 8.01. The largest absolute Gasteiger partial charge is 0.460 e. The molecule has 0 bridgehead atoms. The first-order chi connectivity index (χ1) is 11.9. The Labute approximate surface area is 147 Å². The summed E-state index contributed by atoms with van der Waals surface area (Å²) >= 11 is 0. The van der Waals surface area contributed by atoms with Gasteiger partial charge in [0.05, 0.1) is 5.71 Å². The van der Waals surface area contributed by atoms with Crippen LogP contribution in [0.15, 0.2) is 42.1 Å². The second kappa shape index (κ2) is 10.1. The van der Waals surface area contributed by atoms with Gasteiger partial charge in [0, 0.05) is 5.69 Å². The van der Waals surface area contributed by atoms with Gasteiger partial charge in [0.15, 0.2) is 0 Å². The minimum Gasteiger partial charge on any atom is -0.460 e. The molecular formula is C18H25N3O4. The molecule has 136 valence electrons. The number of rotatable bonds is 8. The van der Waals surface area contributed by atoms with Gasteiger partial charge in [-0.05, 0) is 37.0 Å². The molecule has 0 saturated heterocycles. The van der Waals surface area contributed by atoms with Gasteiger partial charge < -0.3 is 20.6 Å². The minimum absolute atomic E-state index is 0.101. The third kappa shape index (κ3) is 7.07. The second-order valence-corrected chi connectivity index (χ2v) is 5.96. The summed E-state index contributed by atoms with van der Waals surface area (Å²) in [6.07, 6.45) is 1.94. The number of esters is 1. The van der Waals surface area contributed by atoms with Crippen molar-refractivity contribution in [3.05, 3.63) is 42.5 Å². The van der Waals surface area contributed by atoms with Crippen LogP contribution in [0, 0.1) is 5.92 Å². The lowest BCUT2D eigenvalue weighted by molar-refractivity contribution is -0.145. The molecule has 2 amide bonds. The second-order valence-electron chi connectivity index (χ2n) is 5.96. The van der Waals surface area contributed by atoms with Crippen LogP contribution in [0.25, 0.3) is 0 Å². The van der Waals surface area contributed by atoms with Crippen LogP contribution in [-0.4, -0.2) is 35.6 Å². The lowest BCUT2D eigenvalue weighted by Crippen LogP contribution is -2.44. The maximum Gasteiger partial charge on any atom is 0.329 e. The highest BCUT2D eigenvalue weighted by molar-refractivity contribution is 5.99. The van der Waals surface area contributed by atoms with E-state index in [2.05, 4.69) is 22.4 Å². The molecule has 1 aromatic carbocycles. The molecule has 0 aliphatic rings. The van der Waals surface area contributed by atoms with Gasteiger partial charge in [-0.3, -0.25) is 0 Å². The van der Waals surface area contributed by atoms with Crippen molar-refractivity contribution < 1.29 is 19.5 Å². The fraction of sp³-hybridized carbons (Fsp3) is 0.389. The van der Waals surface area contributed by atoms with Gasteiger partial charge in [0.25, 0.3) is 0 Å². The topological polar surface area (TPSA) is 100 Å². The average Bonchev–Trinajstić information content (AvgIpc) is 2.58. The Morgan fingerprint density at radius 1 is 1.32 bits per heavy atom. The van der Waals surface area contributed by atoms with E-state index in [0.29, 0.717) is 17.8 Å². The van der Waals surface area contributed by atoms with E-state index in [1.165, 1.54) is 6.08 Å². The molecule has 0 spiro atoms. The monoisotopic (exact) mass is 347 g/mol. The molecule has 0 aliphatic heterocycles.